The molecule has 0 rings (SSSR count). The summed E-state index contributed by atoms with van der Waals surface area (Å²) in [6.07, 6.45) is 4.94. The molecule has 5 heteroatoms. The molecule has 0 fully saturated rings. The van der Waals surface area contributed by atoms with Crippen LogP contribution in [0.25, 0.3) is 0 Å². The minimum absolute atomic E-state index is 0.266. The van der Waals surface area contributed by atoms with Crippen molar-refractivity contribution in [3.05, 3.63) is 0 Å². The van der Waals surface area contributed by atoms with E-state index in [0.717, 1.165) is 31.6 Å². The summed E-state index contributed by atoms with van der Waals surface area (Å²) in [5.74, 6) is 1.66. The monoisotopic (exact) mass is 267 g/mol. The first-order valence-corrected chi connectivity index (χ1v) is 9.20. The van der Waals surface area contributed by atoms with Gasteiger partial charge in [-0.05, 0) is 32.1 Å². The molecule has 0 heterocycles. The molecule has 0 aromatic rings. The SMILES string of the molecule is CCCNC(CCCS(=O)(=O)CC)CSC. The van der Waals surface area contributed by atoms with Crippen molar-refractivity contribution in [3.8, 4) is 0 Å². The summed E-state index contributed by atoms with van der Waals surface area (Å²) in [5.41, 5.74) is 0. The molecule has 98 valence electrons. The highest BCUT2D eigenvalue weighted by molar-refractivity contribution is 7.98. The summed E-state index contributed by atoms with van der Waals surface area (Å²) in [7, 11) is -2.79. The third-order valence-corrected chi connectivity index (χ3v) is 5.02. The fraction of sp³-hybridized carbons (Fsp3) is 1.00. The van der Waals surface area contributed by atoms with Crippen molar-refractivity contribution in [1.82, 2.24) is 5.32 Å². The van der Waals surface area contributed by atoms with E-state index in [1.165, 1.54) is 0 Å². The summed E-state index contributed by atoms with van der Waals surface area (Å²) >= 11 is 1.81. The summed E-state index contributed by atoms with van der Waals surface area (Å²) in [6.45, 7) is 4.88. The third kappa shape index (κ3) is 8.42. The van der Waals surface area contributed by atoms with Crippen LogP contribution in [0.5, 0.6) is 0 Å². The van der Waals surface area contributed by atoms with Gasteiger partial charge in [-0.25, -0.2) is 8.42 Å². The van der Waals surface area contributed by atoms with E-state index in [1.54, 1.807) is 6.92 Å². The van der Waals surface area contributed by atoms with Gasteiger partial charge in [0, 0.05) is 17.5 Å². The van der Waals surface area contributed by atoms with Crippen molar-refractivity contribution in [1.29, 1.82) is 0 Å². The van der Waals surface area contributed by atoms with Gasteiger partial charge in [-0.2, -0.15) is 11.8 Å². The quantitative estimate of drug-likeness (QED) is 0.657. The molecule has 0 aliphatic heterocycles. The van der Waals surface area contributed by atoms with Crippen LogP contribution in [0.3, 0.4) is 0 Å². The zero-order valence-corrected chi connectivity index (χ0v) is 12.3. The van der Waals surface area contributed by atoms with Gasteiger partial charge in [0.2, 0.25) is 0 Å². The van der Waals surface area contributed by atoms with E-state index in [1.807, 2.05) is 11.8 Å². The molecule has 16 heavy (non-hydrogen) atoms. The molecule has 0 amide bonds. The predicted molar refractivity (Wildman–Crippen MR) is 74.0 cm³/mol. The molecule has 0 saturated heterocycles. The highest BCUT2D eigenvalue weighted by Gasteiger charge is 2.11. The summed E-state index contributed by atoms with van der Waals surface area (Å²) in [6, 6.07) is 0.460. The lowest BCUT2D eigenvalue weighted by Gasteiger charge is -2.17. The molecule has 0 aliphatic carbocycles. The fourth-order valence-corrected chi connectivity index (χ4v) is 3.07. The van der Waals surface area contributed by atoms with Crippen molar-refractivity contribution >= 4 is 21.6 Å². The Morgan fingerprint density at radius 3 is 2.50 bits per heavy atom. The topological polar surface area (TPSA) is 46.2 Å². The van der Waals surface area contributed by atoms with Crippen LogP contribution in [0.2, 0.25) is 0 Å². The molecule has 1 unspecified atom stereocenters. The maximum Gasteiger partial charge on any atom is 0.150 e. The van der Waals surface area contributed by atoms with Gasteiger partial charge in [0.1, 0.15) is 9.84 Å². The zero-order valence-electron chi connectivity index (χ0n) is 10.7. The molecule has 0 radical (unpaired) electrons. The molecule has 0 aromatic carbocycles. The van der Waals surface area contributed by atoms with Crippen LogP contribution in [0.15, 0.2) is 0 Å². The van der Waals surface area contributed by atoms with E-state index in [9.17, 15) is 8.42 Å². The van der Waals surface area contributed by atoms with Gasteiger partial charge in [0.25, 0.3) is 0 Å². The van der Waals surface area contributed by atoms with Crippen molar-refractivity contribution < 1.29 is 8.42 Å². The molecular weight excluding hydrogens is 242 g/mol. The molecule has 1 N–H and O–H groups in total. The lowest BCUT2D eigenvalue weighted by molar-refractivity contribution is 0.512. The first-order valence-electron chi connectivity index (χ1n) is 5.98. The Bertz CT molecular complexity index is 253. The van der Waals surface area contributed by atoms with E-state index in [-0.39, 0.29) is 5.75 Å². The minimum atomic E-state index is -2.79. The van der Waals surface area contributed by atoms with Crippen LogP contribution in [0, 0.1) is 0 Å². The molecule has 0 saturated carbocycles. The highest BCUT2D eigenvalue weighted by atomic mass is 32.2. The normalized spacial score (nSPS) is 13.9. The number of sulfone groups is 1. The standard InChI is InChI=1S/C11H25NO2S2/c1-4-8-12-11(10-15-3)7-6-9-16(13,14)5-2/h11-12H,4-10H2,1-3H3. The van der Waals surface area contributed by atoms with E-state index < -0.39 is 9.84 Å². The Morgan fingerprint density at radius 1 is 1.31 bits per heavy atom. The molecule has 0 aliphatic rings. The van der Waals surface area contributed by atoms with Crippen LogP contribution < -0.4 is 5.32 Å². The predicted octanol–water partition coefficient (Wildman–Crippen LogP) is 1.93. The second-order valence-corrected chi connectivity index (χ2v) is 7.37. The van der Waals surface area contributed by atoms with E-state index in [0.29, 0.717) is 11.8 Å². The van der Waals surface area contributed by atoms with Gasteiger partial charge in [0.15, 0.2) is 0 Å². The maximum atomic E-state index is 11.3. The van der Waals surface area contributed by atoms with Crippen molar-refractivity contribution in [2.75, 3.05) is 30.1 Å². The van der Waals surface area contributed by atoms with Crippen LogP contribution in [0.1, 0.15) is 33.1 Å². The van der Waals surface area contributed by atoms with Crippen LogP contribution >= 0.6 is 11.8 Å². The van der Waals surface area contributed by atoms with E-state index in [4.69, 9.17) is 0 Å². The largest absolute Gasteiger partial charge is 0.313 e. The second-order valence-electron chi connectivity index (χ2n) is 3.98. The Kier molecular flexibility index (Phi) is 9.46. The van der Waals surface area contributed by atoms with Gasteiger partial charge in [-0.3, -0.25) is 0 Å². The van der Waals surface area contributed by atoms with Gasteiger partial charge >= 0.3 is 0 Å². The zero-order chi connectivity index (χ0) is 12.4. The lowest BCUT2D eigenvalue weighted by Crippen LogP contribution is -2.32. The number of hydrogen-bond donors (Lipinski definition) is 1. The van der Waals surface area contributed by atoms with Gasteiger partial charge < -0.3 is 5.32 Å². The molecule has 0 aromatic heterocycles. The first kappa shape index (κ1) is 16.3. The molecule has 1 atom stereocenters. The molecule has 3 nitrogen and oxygen atoms in total. The van der Waals surface area contributed by atoms with E-state index in [2.05, 4.69) is 18.5 Å². The summed E-state index contributed by atoms with van der Waals surface area (Å²) < 4.78 is 22.7. The van der Waals surface area contributed by atoms with Gasteiger partial charge in [-0.1, -0.05) is 13.8 Å². The Balaban J connectivity index is 3.83. The number of rotatable bonds is 10. The average molecular weight is 267 g/mol. The Labute approximate surface area is 105 Å². The smallest absolute Gasteiger partial charge is 0.150 e. The third-order valence-electron chi connectivity index (χ3n) is 2.50. The minimum Gasteiger partial charge on any atom is -0.313 e. The van der Waals surface area contributed by atoms with E-state index >= 15 is 0 Å². The molecular formula is C11H25NO2S2. The maximum absolute atomic E-state index is 11.3. The fourth-order valence-electron chi connectivity index (χ4n) is 1.49. The van der Waals surface area contributed by atoms with Crippen molar-refractivity contribution in [2.45, 2.75) is 39.2 Å². The van der Waals surface area contributed by atoms with Crippen LogP contribution in [0.4, 0.5) is 0 Å². The summed E-state index contributed by atoms with van der Waals surface area (Å²) in [5, 5.41) is 3.46. The highest BCUT2D eigenvalue weighted by Crippen LogP contribution is 2.06. The first-order chi connectivity index (χ1) is 7.55. The Hall–Kier alpha value is 0.260. The number of nitrogens with one attached hydrogen (secondary N) is 1. The van der Waals surface area contributed by atoms with Crippen molar-refractivity contribution in [2.24, 2.45) is 0 Å². The molecule has 0 spiro atoms. The second kappa shape index (κ2) is 9.31. The summed E-state index contributed by atoms with van der Waals surface area (Å²) in [4.78, 5) is 0. The van der Waals surface area contributed by atoms with Crippen LogP contribution in [-0.4, -0.2) is 44.5 Å². The van der Waals surface area contributed by atoms with Crippen molar-refractivity contribution in [3.63, 3.8) is 0 Å². The van der Waals surface area contributed by atoms with Crippen LogP contribution in [-0.2, 0) is 9.84 Å². The number of thioether (sulfide) groups is 1. The average Bonchev–Trinajstić information content (AvgIpc) is 2.25. The molecule has 0 bridgehead atoms. The Morgan fingerprint density at radius 2 is 2.00 bits per heavy atom. The lowest BCUT2D eigenvalue weighted by atomic mass is 10.2. The van der Waals surface area contributed by atoms with Gasteiger partial charge in [0.05, 0.1) is 5.75 Å². The number of hydrogen-bond acceptors (Lipinski definition) is 4. The van der Waals surface area contributed by atoms with Gasteiger partial charge in [-0.15, -0.1) is 0 Å².